The molecule has 0 bridgehead atoms. The SMILES string of the molecule is Fc1ccccc1-c1ccccc1Cc1ncc[nH]1. The van der Waals surface area contributed by atoms with Gasteiger partial charge in [-0.2, -0.15) is 0 Å². The topological polar surface area (TPSA) is 28.7 Å². The Kier molecular flexibility index (Phi) is 3.11. The lowest BCUT2D eigenvalue weighted by Crippen LogP contribution is -1.95. The van der Waals surface area contributed by atoms with Crippen LogP contribution in [0.2, 0.25) is 0 Å². The first kappa shape index (κ1) is 11.7. The van der Waals surface area contributed by atoms with Crippen LogP contribution in [0.3, 0.4) is 0 Å². The average Bonchev–Trinajstić information content (AvgIpc) is 2.93. The van der Waals surface area contributed by atoms with Gasteiger partial charge in [-0.05, 0) is 17.2 Å². The minimum Gasteiger partial charge on any atom is -0.348 e. The van der Waals surface area contributed by atoms with Gasteiger partial charge < -0.3 is 4.98 Å². The molecule has 1 heterocycles. The molecule has 0 aliphatic heterocycles. The normalized spacial score (nSPS) is 10.6. The molecule has 2 aromatic carbocycles. The van der Waals surface area contributed by atoms with E-state index in [1.165, 1.54) is 6.07 Å². The van der Waals surface area contributed by atoms with Crippen LogP contribution in [0.25, 0.3) is 11.1 Å². The molecule has 0 aliphatic carbocycles. The first-order valence-electron chi connectivity index (χ1n) is 6.15. The zero-order valence-corrected chi connectivity index (χ0v) is 10.3. The Hall–Kier alpha value is -2.42. The number of rotatable bonds is 3. The molecule has 0 spiro atoms. The summed E-state index contributed by atoms with van der Waals surface area (Å²) in [5.74, 6) is 0.679. The van der Waals surface area contributed by atoms with Crippen molar-refractivity contribution in [2.75, 3.05) is 0 Å². The molecule has 19 heavy (non-hydrogen) atoms. The fraction of sp³-hybridized carbons (Fsp3) is 0.0625. The lowest BCUT2D eigenvalue weighted by molar-refractivity contribution is 0.631. The number of imidazole rings is 1. The Morgan fingerprint density at radius 1 is 0.947 bits per heavy atom. The number of aromatic nitrogens is 2. The third-order valence-electron chi connectivity index (χ3n) is 3.09. The zero-order valence-electron chi connectivity index (χ0n) is 10.3. The van der Waals surface area contributed by atoms with Crippen molar-refractivity contribution in [3.8, 4) is 11.1 Å². The number of nitrogens with one attached hydrogen (secondary N) is 1. The maximum absolute atomic E-state index is 13.9. The highest BCUT2D eigenvalue weighted by Crippen LogP contribution is 2.27. The monoisotopic (exact) mass is 252 g/mol. The quantitative estimate of drug-likeness (QED) is 0.754. The summed E-state index contributed by atoms with van der Waals surface area (Å²) in [5.41, 5.74) is 2.60. The van der Waals surface area contributed by atoms with E-state index in [4.69, 9.17) is 0 Å². The summed E-state index contributed by atoms with van der Waals surface area (Å²) < 4.78 is 13.9. The van der Waals surface area contributed by atoms with Crippen molar-refractivity contribution < 1.29 is 4.39 Å². The van der Waals surface area contributed by atoms with Gasteiger partial charge in [0.1, 0.15) is 11.6 Å². The second-order valence-corrected chi connectivity index (χ2v) is 4.35. The van der Waals surface area contributed by atoms with Crippen LogP contribution < -0.4 is 0 Å². The van der Waals surface area contributed by atoms with Gasteiger partial charge in [-0.25, -0.2) is 9.37 Å². The summed E-state index contributed by atoms with van der Waals surface area (Å²) in [6.07, 6.45) is 4.18. The Morgan fingerprint density at radius 2 is 1.68 bits per heavy atom. The van der Waals surface area contributed by atoms with Crippen molar-refractivity contribution in [3.05, 3.63) is 78.1 Å². The lowest BCUT2D eigenvalue weighted by atomic mass is 9.97. The van der Waals surface area contributed by atoms with E-state index in [-0.39, 0.29) is 5.82 Å². The Balaban J connectivity index is 2.05. The van der Waals surface area contributed by atoms with Crippen molar-refractivity contribution in [1.82, 2.24) is 9.97 Å². The molecular formula is C16H13FN2. The molecule has 0 saturated heterocycles. The molecule has 0 unspecified atom stereocenters. The molecule has 3 aromatic rings. The van der Waals surface area contributed by atoms with Crippen LogP contribution in [-0.4, -0.2) is 9.97 Å². The van der Waals surface area contributed by atoms with Crippen LogP contribution in [-0.2, 0) is 6.42 Å². The summed E-state index contributed by atoms with van der Waals surface area (Å²) in [4.78, 5) is 7.29. The molecule has 0 radical (unpaired) electrons. The van der Waals surface area contributed by atoms with E-state index in [0.29, 0.717) is 12.0 Å². The fourth-order valence-electron chi connectivity index (χ4n) is 2.19. The van der Waals surface area contributed by atoms with E-state index in [2.05, 4.69) is 9.97 Å². The molecular weight excluding hydrogens is 239 g/mol. The van der Waals surface area contributed by atoms with E-state index in [9.17, 15) is 4.39 Å². The van der Waals surface area contributed by atoms with Gasteiger partial charge in [0.15, 0.2) is 0 Å². The van der Waals surface area contributed by atoms with E-state index in [0.717, 1.165) is 17.0 Å². The van der Waals surface area contributed by atoms with Gasteiger partial charge >= 0.3 is 0 Å². The maximum Gasteiger partial charge on any atom is 0.131 e. The van der Waals surface area contributed by atoms with Crippen LogP contribution in [0, 0.1) is 5.82 Å². The van der Waals surface area contributed by atoms with Gasteiger partial charge in [-0.15, -0.1) is 0 Å². The smallest absolute Gasteiger partial charge is 0.131 e. The second-order valence-electron chi connectivity index (χ2n) is 4.35. The zero-order chi connectivity index (χ0) is 13.1. The summed E-state index contributed by atoms with van der Waals surface area (Å²) in [5, 5.41) is 0. The van der Waals surface area contributed by atoms with Crippen LogP contribution in [0.15, 0.2) is 60.9 Å². The van der Waals surface area contributed by atoms with Crippen LogP contribution in [0.1, 0.15) is 11.4 Å². The number of nitrogens with zero attached hydrogens (tertiary/aromatic N) is 1. The molecule has 94 valence electrons. The van der Waals surface area contributed by atoms with Crippen molar-refractivity contribution in [3.63, 3.8) is 0 Å². The molecule has 0 atom stereocenters. The molecule has 1 N–H and O–H groups in total. The number of hydrogen-bond donors (Lipinski definition) is 1. The Bertz CT molecular complexity index is 675. The minimum atomic E-state index is -0.200. The van der Waals surface area contributed by atoms with Gasteiger partial charge in [0.05, 0.1) is 0 Å². The van der Waals surface area contributed by atoms with Gasteiger partial charge in [0, 0.05) is 24.4 Å². The number of H-pyrrole nitrogens is 1. The summed E-state index contributed by atoms with van der Waals surface area (Å²) >= 11 is 0. The van der Waals surface area contributed by atoms with E-state index in [1.54, 1.807) is 24.5 Å². The van der Waals surface area contributed by atoms with Gasteiger partial charge in [-0.1, -0.05) is 42.5 Å². The number of halogens is 1. The average molecular weight is 252 g/mol. The number of hydrogen-bond acceptors (Lipinski definition) is 1. The summed E-state index contributed by atoms with van der Waals surface area (Å²) in [7, 11) is 0. The minimum absolute atomic E-state index is 0.200. The van der Waals surface area contributed by atoms with Crippen LogP contribution in [0.5, 0.6) is 0 Å². The highest BCUT2D eigenvalue weighted by Gasteiger charge is 2.09. The van der Waals surface area contributed by atoms with Crippen molar-refractivity contribution in [2.45, 2.75) is 6.42 Å². The molecule has 1 aromatic heterocycles. The Morgan fingerprint density at radius 3 is 2.42 bits per heavy atom. The third kappa shape index (κ3) is 2.40. The second kappa shape index (κ2) is 5.06. The molecule has 0 saturated carbocycles. The van der Waals surface area contributed by atoms with E-state index >= 15 is 0 Å². The highest BCUT2D eigenvalue weighted by molar-refractivity contribution is 5.68. The van der Waals surface area contributed by atoms with Crippen LogP contribution >= 0.6 is 0 Å². The first-order chi connectivity index (χ1) is 9.34. The maximum atomic E-state index is 13.9. The summed E-state index contributed by atoms with van der Waals surface area (Å²) in [6, 6.07) is 14.7. The highest BCUT2D eigenvalue weighted by atomic mass is 19.1. The fourth-order valence-corrected chi connectivity index (χ4v) is 2.19. The van der Waals surface area contributed by atoms with E-state index < -0.39 is 0 Å². The largest absolute Gasteiger partial charge is 0.348 e. The molecule has 3 rings (SSSR count). The summed E-state index contributed by atoms with van der Waals surface area (Å²) in [6.45, 7) is 0. The van der Waals surface area contributed by atoms with E-state index in [1.807, 2.05) is 30.3 Å². The first-order valence-corrected chi connectivity index (χ1v) is 6.15. The van der Waals surface area contributed by atoms with Crippen LogP contribution in [0.4, 0.5) is 4.39 Å². The van der Waals surface area contributed by atoms with Crippen molar-refractivity contribution in [2.24, 2.45) is 0 Å². The molecule has 0 fully saturated rings. The van der Waals surface area contributed by atoms with Gasteiger partial charge in [0.2, 0.25) is 0 Å². The van der Waals surface area contributed by atoms with Crippen molar-refractivity contribution in [1.29, 1.82) is 0 Å². The number of benzene rings is 2. The third-order valence-corrected chi connectivity index (χ3v) is 3.09. The predicted molar refractivity (Wildman–Crippen MR) is 73.2 cm³/mol. The molecule has 0 amide bonds. The van der Waals surface area contributed by atoms with Gasteiger partial charge in [0.25, 0.3) is 0 Å². The molecule has 2 nitrogen and oxygen atoms in total. The number of aromatic amines is 1. The Labute approximate surface area is 111 Å². The van der Waals surface area contributed by atoms with Crippen molar-refractivity contribution >= 4 is 0 Å². The molecule has 0 aliphatic rings. The molecule has 3 heteroatoms. The lowest BCUT2D eigenvalue weighted by Gasteiger charge is -2.09. The standard InChI is InChI=1S/C16H13FN2/c17-15-8-4-3-7-14(15)13-6-2-1-5-12(13)11-16-18-9-10-19-16/h1-10H,11H2,(H,18,19). The van der Waals surface area contributed by atoms with Gasteiger partial charge in [-0.3, -0.25) is 0 Å². The predicted octanol–water partition coefficient (Wildman–Crippen LogP) is 3.81.